The van der Waals surface area contributed by atoms with Crippen molar-refractivity contribution < 1.29 is 14.5 Å². The fraction of sp³-hybridized carbons (Fsp3) is 0.278. The number of benzene rings is 2. The molecule has 1 aliphatic rings. The zero-order valence-corrected chi connectivity index (χ0v) is 14.3. The fourth-order valence-electron chi connectivity index (χ4n) is 2.77. The number of hydrogen-bond acceptors (Lipinski definition) is 4. The minimum Gasteiger partial charge on any atom is -0.490 e. The Kier molecular flexibility index (Phi) is 4.90. The Balaban J connectivity index is 1.83. The van der Waals surface area contributed by atoms with Crippen LogP contribution in [0.1, 0.15) is 34.8 Å². The maximum Gasteiger partial charge on any atom is 0.311 e. The molecular formula is C18H17ClN2O4. The normalized spacial score (nSPS) is 14.6. The molecule has 25 heavy (non-hydrogen) atoms. The van der Waals surface area contributed by atoms with E-state index in [1.807, 2.05) is 12.1 Å². The van der Waals surface area contributed by atoms with Crippen LogP contribution in [0.5, 0.6) is 5.75 Å². The number of carbonyl (C=O) groups is 1. The van der Waals surface area contributed by atoms with Gasteiger partial charge in [0.15, 0.2) is 5.75 Å². The van der Waals surface area contributed by atoms with Gasteiger partial charge in [-0.15, -0.1) is 0 Å². The standard InChI is InChI=1S/C18H17ClN2O4/c1-25-16-9-6-13(10-15(16)21(23)24)18(22)20-17(11-2-3-11)12-4-7-14(19)8-5-12/h4-11,17H,2-3H2,1H3,(H,20,22). The van der Waals surface area contributed by atoms with E-state index >= 15 is 0 Å². The number of carbonyl (C=O) groups excluding carboxylic acids is 1. The molecule has 1 amide bonds. The van der Waals surface area contributed by atoms with Crippen LogP contribution in [-0.4, -0.2) is 17.9 Å². The Hall–Kier alpha value is -2.60. The van der Waals surface area contributed by atoms with Gasteiger partial charge in [0.2, 0.25) is 0 Å². The van der Waals surface area contributed by atoms with Crippen LogP contribution < -0.4 is 10.1 Å². The maximum absolute atomic E-state index is 12.6. The van der Waals surface area contributed by atoms with Gasteiger partial charge in [0.05, 0.1) is 18.1 Å². The third kappa shape index (κ3) is 3.91. The summed E-state index contributed by atoms with van der Waals surface area (Å²) in [5.74, 6) is 0.147. The Labute approximate surface area is 149 Å². The third-order valence-electron chi connectivity index (χ3n) is 4.25. The minimum absolute atomic E-state index is 0.123. The SMILES string of the molecule is COc1ccc(C(=O)NC(c2ccc(Cl)cc2)C2CC2)cc1[N+](=O)[O-]. The number of nitrogens with one attached hydrogen (secondary N) is 1. The summed E-state index contributed by atoms with van der Waals surface area (Å²) in [5, 5.41) is 14.8. The average Bonchev–Trinajstić information content (AvgIpc) is 3.44. The molecule has 1 aliphatic carbocycles. The summed E-state index contributed by atoms with van der Waals surface area (Å²) in [6.07, 6.45) is 2.08. The van der Waals surface area contributed by atoms with E-state index in [4.69, 9.17) is 16.3 Å². The highest BCUT2D eigenvalue weighted by Gasteiger charge is 2.33. The van der Waals surface area contributed by atoms with Crippen molar-refractivity contribution in [2.45, 2.75) is 18.9 Å². The molecule has 2 aromatic carbocycles. The molecule has 0 spiro atoms. The molecule has 7 heteroatoms. The number of halogens is 1. The number of ether oxygens (including phenoxy) is 1. The van der Waals surface area contributed by atoms with Gasteiger partial charge in [0, 0.05) is 16.7 Å². The number of amides is 1. The Morgan fingerprint density at radius 3 is 2.52 bits per heavy atom. The van der Waals surface area contributed by atoms with E-state index in [1.54, 1.807) is 12.1 Å². The quantitative estimate of drug-likeness (QED) is 0.620. The average molecular weight is 361 g/mol. The molecule has 0 saturated heterocycles. The van der Waals surface area contributed by atoms with Gasteiger partial charge in [-0.05, 0) is 48.6 Å². The first kappa shape index (κ1) is 17.2. The van der Waals surface area contributed by atoms with Crippen LogP contribution in [0.2, 0.25) is 5.02 Å². The minimum atomic E-state index is -0.562. The lowest BCUT2D eigenvalue weighted by Gasteiger charge is -2.19. The summed E-state index contributed by atoms with van der Waals surface area (Å²) < 4.78 is 4.97. The van der Waals surface area contributed by atoms with Crippen molar-refractivity contribution in [1.82, 2.24) is 5.32 Å². The number of nitrogens with zero attached hydrogens (tertiary/aromatic N) is 1. The molecular weight excluding hydrogens is 344 g/mol. The lowest BCUT2D eigenvalue weighted by molar-refractivity contribution is -0.385. The van der Waals surface area contributed by atoms with E-state index in [0.29, 0.717) is 10.9 Å². The molecule has 1 N–H and O–H groups in total. The predicted molar refractivity (Wildman–Crippen MR) is 94.0 cm³/mol. The summed E-state index contributed by atoms with van der Waals surface area (Å²) in [6.45, 7) is 0. The van der Waals surface area contributed by atoms with Crippen LogP contribution in [0.25, 0.3) is 0 Å². The second kappa shape index (κ2) is 7.11. The van der Waals surface area contributed by atoms with E-state index in [1.165, 1.54) is 25.3 Å². The van der Waals surface area contributed by atoms with Gasteiger partial charge in [0.25, 0.3) is 5.91 Å². The zero-order valence-electron chi connectivity index (χ0n) is 13.6. The van der Waals surface area contributed by atoms with Crippen LogP contribution in [0.3, 0.4) is 0 Å². The summed E-state index contributed by atoms with van der Waals surface area (Å²) in [5.41, 5.74) is 0.972. The number of rotatable bonds is 6. The topological polar surface area (TPSA) is 81.5 Å². The van der Waals surface area contributed by atoms with Crippen molar-refractivity contribution in [2.75, 3.05) is 7.11 Å². The number of nitro benzene ring substituents is 1. The molecule has 1 atom stereocenters. The maximum atomic E-state index is 12.6. The lowest BCUT2D eigenvalue weighted by Crippen LogP contribution is -2.29. The van der Waals surface area contributed by atoms with Gasteiger partial charge in [-0.2, -0.15) is 0 Å². The number of nitro groups is 1. The van der Waals surface area contributed by atoms with Crippen molar-refractivity contribution >= 4 is 23.2 Å². The van der Waals surface area contributed by atoms with Gasteiger partial charge in [0.1, 0.15) is 0 Å². The fourth-order valence-corrected chi connectivity index (χ4v) is 2.90. The first-order valence-corrected chi connectivity index (χ1v) is 8.26. The second-order valence-corrected chi connectivity index (χ2v) is 6.42. The summed E-state index contributed by atoms with van der Waals surface area (Å²) >= 11 is 5.93. The van der Waals surface area contributed by atoms with Crippen molar-refractivity contribution in [1.29, 1.82) is 0 Å². The molecule has 1 saturated carbocycles. The third-order valence-corrected chi connectivity index (χ3v) is 4.50. The van der Waals surface area contributed by atoms with Crippen LogP contribution in [-0.2, 0) is 0 Å². The van der Waals surface area contributed by atoms with Crippen molar-refractivity contribution in [3.8, 4) is 5.75 Å². The van der Waals surface area contributed by atoms with E-state index < -0.39 is 4.92 Å². The Morgan fingerprint density at radius 1 is 1.28 bits per heavy atom. The lowest BCUT2D eigenvalue weighted by atomic mass is 10.0. The molecule has 1 unspecified atom stereocenters. The van der Waals surface area contributed by atoms with E-state index in [-0.39, 0.29) is 28.9 Å². The zero-order chi connectivity index (χ0) is 18.0. The molecule has 0 radical (unpaired) electrons. The van der Waals surface area contributed by atoms with E-state index in [2.05, 4.69) is 5.32 Å². The monoisotopic (exact) mass is 360 g/mol. The van der Waals surface area contributed by atoms with E-state index in [0.717, 1.165) is 18.4 Å². The van der Waals surface area contributed by atoms with Crippen LogP contribution in [0.4, 0.5) is 5.69 Å². The predicted octanol–water partition coefficient (Wildman–Crippen LogP) is 4.14. The van der Waals surface area contributed by atoms with Crippen LogP contribution in [0, 0.1) is 16.0 Å². The van der Waals surface area contributed by atoms with Gasteiger partial charge in [-0.3, -0.25) is 14.9 Å². The molecule has 0 aliphatic heterocycles. The molecule has 3 rings (SSSR count). The molecule has 2 aromatic rings. The first-order chi connectivity index (χ1) is 12.0. The van der Waals surface area contributed by atoms with Crippen molar-refractivity contribution in [3.63, 3.8) is 0 Å². The van der Waals surface area contributed by atoms with Crippen LogP contribution in [0.15, 0.2) is 42.5 Å². The van der Waals surface area contributed by atoms with Gasteiger partial charge in [-0.1, -0.05) is 23.7 Å². The van der Waals surface area contributed by atoms with Gasteiger partial charge < -0.3 is 10.1 Å². The van der Waals surface area contributed by atoms with Crippen molar-refractivity contribution in [3.05, 3.63) is 68.7 Å². The van der Waals surface area contributed by atoms with Gasteiger partial charge >= 0.3 is 5.69 Å². The first-order valence-electron chi connectivity index (χ1n) is 7.88. The highest BCUT2D eigenvalue weighted by Crippen LogP contribution is 2.41. The largest absolute Gasteiger partial charge is 0.490 e. The molecule has 1 fully saturated rings. The summed E-state index contributed by atoms with van der Waals surface area (Å²) in [6, 6.07) is 11.4. The Morgan fingerprint density at radius 2 is 1.96 bits per heavy atom. The molecule has 0 heterocycles. The van der Waals surface area contributed by atoms with Gasteiger partial charge in [-0.25, -0.2) is 0 Å². The summed E-state index contributed by atoms with van der Waals surface area (Å²) in [7, 11) is 1.35. The second-order valence-electron chi connectivity index (χ2n) is 5.98. The Bertz CT molecular complexity index is 803. The van der Waals surface area contributed by atoms with Crippen LogP contribution >= 0.6 is 11.6 Å². The number of hydrogen-bond donors (Lipinski definition) is 1. The molecule has 6 nitrogen and oxygen atoms in total. The van der Waals surface area contributed by atoms with E-state index in [9.17, 15) is 14.9 Å². The number of methoxy groups -OCH3 is 1. The highest BCUT2D eigenvalue weighted by molar-refractivity contribution is 6.30. The highest BCUT2D eigenvalue weighted by atomic mass is 35.5. The smallest absolute Gasteiger partial charge is 0.311 e. The molecule has 0 bridgehead atoms. The molecule has 130 valence electrons. The summed E-state index contributed by atoms with van der Waals surface area (Å²) in [4.78, 5) is 23.2. The molecule has 0 aromatic heterocycles. The van der Waals surface area contributed by atoms with Crippen molar-refractivity contribution in [2.24, 2.45) is 5.92 Å².